The van der Waals surface area contributed by atoms with Crippen LogP contribution in [0.4, 0.5) is 24.2 Å². The van der Waals surface area contributed by atoms with E-state index in [9.17, 15) is 24.0 Å². The molecule has 2 fully saturated rings. The quantitative estimate of drug-likeness (QED) is 0.147. The molecule has 2 atom stereocenters. The molecule has 0 saturated carbocycles. The maximum Gasteiger partial charge on any atom is 0.410 e. The van der Waals surface area contributed by atoms with Crippen molar-refractivity contribution in [3.63, 3.8) is 0 Å². The Hall–Kier alpha value is -6.98. The van der Waals surface area contributed by atoms with E-state index in [0.29, 0.717) is 54.5 Å². The highest BCUT2D eigenvalue weighted by Gasteiger charge is 2.39. The number of halogens is 4. The van der Waals surface area contributed by atoms with Crippen LogP contribution in [0.3, 0.4) is 0 Å². The van der Waals surface area contributed by atoms with E-state index in [1.165, 1.54) is 14.0 Å². The average Bonchev–Trinajstić information content (AvgIpc) is 3.58. The third-order valence-electron chi connectivity index (χ3n) is 12.8. The van der Waals surface area contributed by atoms with E-state index < -0.39 is 80.1 Å². The normalized spacial score (nSPS) is 16.7. The van der Waals surface area contributed by atoms with Crippen molar-refractivity contribution in [3.05, 3.63) is 100 Å². The Morgan fingerprint density at radius 2 is 1.31 bits per heavy atom. The van der Waals surface area contributed by atoms with E-state index >= 15 is 8.78 Å². The van der Waals surface area contributed by atoms with E-state index in [2.05, 4.69) is 35.2 Å². The number of fused-ring (bicyclic) bond motifs is 3. The summed E-state index contributed by atoms with van der Waals surface area (Å²) in [5.74, 6) is -2.27. The molecule has 0 aromatic carbocycles. The number of anilines is 1. The number of hydrogen-bond acceptors (Lipinski definition) is 16. The van der Waals surface area contributed by atoms with Gasteiger partial charge in [0.2, 0.25) is 11.6 Å². The largest absolute Gasteiger partial charge is 0.488 e. The molecule has 9 heterocycles. The number of carbonyl (C=O) groups is 2. The van der Waals surface area contributed by atoms with Gasteiger partial charge in [-0.3, -0.25) is 19.7 Å². The fourth-order valence-corrected chi connectivity index (χ4v) is 9.69. The number of aryl methyl sites for hydroxylation is 2. The van der Waals surface area contributed by atoms with Crippen molar-refractivity contribution in [2.24, 2.45) is 0 Å². The first kappa shape index (κ1) is 56.2. The summed E-state index contributed by atoms with van der Waals surface area (Å²) in [6.45, 7) is 24.2. The summed E-state index contributed by atoms with van der Waals surface area (Å²) in [6.07, 6.45) is 2.39. The van der Waals surface area contributed by atoms with Gasteiger partial charge >= 0.3 is 23.6 Å². The van der Waals surface area contributed by atoms with Crippen LogP contribution in [0, 0.1) is 25.5 Å². The number of pyridine rings is 4. The third kappa shape index (κ3) is 11.5. The minimum absolute atomic E-state index is 0.0147. The summed E-state index contributed by atoms with van der Waals surface area (Å²) >= 11 is 12.4. The smallest absolute Gasteiger partial charge is 0.410 e. The fraction of sp³-hybridized carbons (Fsp3) is 0.500. The Morgan fingerprint density at radius 1 is 0.766 bits per heavy atom. The first-order valence-electron chi connectivity index (χ1n) is 25.1. The molecular formula is C52H62Cl2F2N12O9. The predicted molar refractivity (Wildman–Crippen MR) is 286 cm³/mol. The number of hydrogen-bond donors (Lipinski definition) is 2. The molecule has 6 aromatic heterocycles. The highest BCUT2D eigenvalue weighted by Crippen LogP contribution is 2.41. The number of nitrogens with one attached hydrogen (secondary N) is 2. The second-order valence-electron chi connectivity index (χ2n) is 21.6. The van der Waals surface area contributed by atoms with Crippen molar-refractivity contribution in [3.8, 4) is 22.9 Å². The van der Waals surface area contributed by atoms with Crippen LogP contribution in [-0.4, -0.2) is 137 Å². The van der Waals surface area contributed by atoms with Crippen molar-refractivity contribution in [1.29, 1.82) is 0 Å². The summed E-state index contributed by atoms with van der Waals surface area (Å²) in [7, 11) is 0. The summed E-state index contributed by atoms with van der Waals surface area (Å²) in [6, 6.07) is 2.71. The third-order valence-corrected chi connectivity index (χ3v) is 13.3. The van der Waals surface area contributed by atoms with Crippen LogP contribution < -0.4 is 36.6 Å². The number of aromatic amines is 1. The van der Waals surface area contributed by atoms with Gasteiger partial charge in [0, 0.05) is 51.7 Å². The van der Waals surface area contributed by atoms with Crippen LogP contribution in [0.15, 0.2) is 38.9 Å². The zero-order chi connectivity index (χ0) is 56.2. The molecule has 2 amide bonds. The van der Waals surface area contributed by atoms with Gasteiger partial charge in [0.05, 0.1) is 34.8 Å². The molecule has 3 aliphatic heterocycles. The lowest BCUT2D eigenvalue weighted by Crippen LogP contribution is -2.57. The lowest BCUT2D eigenvalue weighted by atomic mass is 10.0. The van der Waals surface area contributed by atoms with E-state index in [-0.39, 0.29) is 71.8 Å². The second-order valence-corrected chi connectivity index (χ2v) is 22.4. The number of ether oxygens (including phenoxy) is 4. The van der Waals surface area contributed by atoms with Gasteiger partial charge in [0.15, 0.2) is 33.1 Å². The highest BCUT2D eigenvalue weighted by atomic mass is 35.5. The summed E-state index contributed by atoms with van der Waals surface area (Å²) in [4.78, 5) is 94.0. The van der Waals surface area contributed by atoms with Crippen molar-refractivity contribution in [2.45, 2.75) is 118 Å². The predicted octanol–water partition coefficient (Wildman–Crippen LogP) is 7.50. The number of H-pyrrole nitrogens is 1. The summed E-state index contributed by atoms with van der Waals surface area (Å²) < 4.78 is 56.0. The highest BCUT2D eigenvalue weighted by molar-refractivity contribution is 6.30. The van der Waals surface area contributed by atoms with Gasteiger partial charge in [0.1, 0.15) is 41.0 Å². The van der Waals surface area contributed by atoms with Crippen LogP contribution in [0.25, 0.3) is 33.4 Å². The van der Waals surface area contributed by atoms with Crippen LogP contribution in [0.2, 0.25) is 10.3 Å². The van der Waals surface area contributed by atoms with Crippen molar-refractivity contribution in [1.82, 2.24) is 54.2 Å². The Balaban J connectivity index is 0.000000204. The molecule has 25 heteroatoms. The summed E-state index contributed by atoms with van der Waals surface area (Å²) in [5, 5.41) is 2.22. The molecule has 77 heavy (non-hydrogen) atoms. The minimum atomic E-state index is -1.04. The molecule has 3 aliphatic rings. The van der Waals surface area contributed by atoms with Gasteiger partial charge in [-0.25, -0.2) is 38.3 Å². The van der Waals surface area contributed by atoms with Gasteiger partial charge in [-0.1, -0.05) is 50.9 Å². The van der Waals surface area contributed by atoms with Crippen LogP contribution in [-0.2, 0) is 9.47 Å². The van der Waals surface area contributed by atoms with Gasteiger partial charge < -0.3 is 39.0 Å². The topological polar surface area (TPSA) is 234 Å². The number of amides is 2. The number of carbonyl (C=O) groups excluding carboxylic acids is 2. The molecule has 2 N–H and O–H groups in total. The van der Waals surface area contributed by atoms with Gasteiger partial charge in [-0.2, -0.15) is 13.8 Å². The molecule has 0 unspecified atom stereocenters. The Bertz CT molecular complexity index is 3490. The fourth-order valence-electron chi connectivity index (χ4n) is 9.35. The van der Waals surface area contributed by atoms with Crippen LogP contribution in [0.5, 0.6) is 11.5 Å². The maximum absolute atomic E-state index is 15.4. The molecule has 0 bridgehead atoms. The minimum Gasteiger partial charge on any atom is -0.488 e. The summed E-state index contributed by atoms with van der Waals surface area (Å²) in [5.41, 5.74) is 0.132. The lowest BCUT2D eigenvalue weighted by Gasteiger charge is -2.41. The monoisotopic (exact) mass is 1110 g/mol. The number of rotatable bonds is 7. The Kier molecular flexibility index (Phi) is 15.9. The first-order chi connectivity index (χ1) is 36.1. The second kappa shape index (κ2) is 21.8. The molecule has 0 radical (unpaired) electrons. The van der Waals surface area contributed by atoms with E-state index in [0.717, 1.165) is 5.56 Å². The maximum atomic E-state index is 15.4. The molecule has 0 spiro atoms. The van der Waals surface area contributed by atoms with Crippen LogP contribution >= 0.6 is 23.2 Å². The van der Waals surface area contributed by atoms with Gasteiger partial charge in [0.25, 0.3) is 5.56 Å². The molecule has 6 aromatic rings. The molecule has 2 saturated heterocycles. The van der Waals surface area contributed by atoms with Crippen LogP contribution in [0.1, 0.15) is 104 Å². The molecule has 0 aliphatic carbocycles. The lowest BCUT2D eigenvalue weighted by molar-refractivity contribution is 0.0174. The molecule has 9 rings (SSSR count). The average molecular weight is 1110 g/mol. The molecule has 412 valence electrons. The number of aromatic nitrogens is 8. The standard InChI is InChI=1S/C26H32ClFN6O5.C26H30ClFN6O4/c1-13(2)18-19(14(3)7-8-30-18)34-22-16(23(35)32-24(34)36)20(17(28)21(27)31-22)38-12-15-11-33(10-9-29-15)25(37)39-26(4,5)6;1-13(2)18-19(14(3)7-8-29-18)34-23-16-20(17(28)21(27)30-23)37-12-15-11-32(25(36)38-26(4,5)6)9-10-33(15)22(16)31-24(34)35/h7-8,13,15,29H,9-12H2,1-6H3,(H,32,35,36);7-8,13,15H,9-12H2,1-6H3/t2*15-/m11/s1. The molecule has 21 nitrogen and oxygen atoms in total. The van der Waals surface area contributed by atoms with Crippen molar-refractivity contribution >= 4 is 63.3 Å². The van der Waals surface area contributed by atoms with Crippen molar-refractivity contribution in [2.75, 3.05) is 57.4 Å². The van der Waals surface area contributed by atoms with E-state index in [1.54, 1.807) is 77.9 Å². The zero-order valence-electron chi connectivity index (χ0n) is 44.9. The Morgan fingerprint density at radius 3 is 1.88 bits per heavy atom. The van der Waals surface area contributed by atoms with Crippen molar-refractivity contribution < 1.29 is 37.3 Å². The van der Waals surface area contributed by atoms with Gasteiger partial charge in [-0.05, 0) is 90.5 Å². The zero-order valence-corrected chi connectivity index (χ0v) is 46.4. The van der Waals surface area contributed by atoms with Gasteiger partial charge in [-0.15, -0.1) is 0 Å². The van der Waals surface area contributed by atoms with E-state index in [1.807, 2.05) is 39.5 Å². The SMILES string of the molecule is Cc1ccnc(C(C)C)c1-n1c(=O)[nH]c(=O)c2c(OC[C@H]3CN(C(=O)OC(C)(C)C)CCN3)c(F)c(Cl)nc21.Cc1ccnc(C(C)C)c1-n1c(=O)nc2c3c(c(F)c(Cl)nc31)OC[C@H]1CN(C(=O)OC(C)(C)C)CCN21. The number of piperazine rings is 2. The number of nitrogens with zero attached hydrogens (tertiary/aromatic N) is 10. The first-order valence-corrected chi connectivity index (χ1v) is 25.9. The molecular weight excluding hydrogens is 1050 g/mol. The Labute approximate surface area is 451 Å². The van der Waals surface area contributed by atoms with E-state index in [4.69, 9.17) is 42.1 Å².